The number of hydrogen-bond donors (Lipinski definition) is 3. The molecule has 0 saturated carbocycles. The van der Waals surface area contributed by atoms with Gasteiger partial charge >= 0.3 is 6.18 Å². The molecule has 13 heteroatoms. The lowest BCUT2D eigenvalue weighted by atomic mass is 9.77. The molecule has 3 N–H and O–H groups in total. The van der Waals surface area contributed by atoms with Crippen molar-refractivity contribution in [2.45, 2.75) is 69.5 Å². The highest BCUT2D eigenvalue weighted by Gasteiger charge is 2.46. The minimum absolute atomic E-state index is 0.0109. The number of Topliss-reactive ketones (excluding diaryl/α,β-unsaturated/α-hetero) is 1. The van der Waals surface area contributed by atoms with Crippen LogP contribution in [-0.2, 0) is 34.6 Å². The fourth-order valence-electron chi connectivity index (χ4n) is 6.28. The van der Waals surface area contributed by atoms with Crippen molar-refractivity contribution in [3.63, 3.8) is 0 Å². The van der Waals surface area contributed by atoms with E-state index in [0.29, 0.717) is 22.1 Å². The molecule has 3 aromatic rings. The Morgan fingerprint density at radius 3 is 2.62 bits per heavy atom. The number of aliphatic hydroxyl groups excluding tert-OH is 1. The van der Waals surface area contributed by atoms with Gasteiger partial charge in [-0.1, -0.05) is 18.5 Å². The third kappa shape index (κ3) is 3.65. The number of ketones is 1. The number of pyridine rings is 2. The van der Waals surface area contributed by atoms with E-state index in [0.717, 1.165) is 6.07 Å². The summed E-state index contributed by atoms with van der Waals surface area (Å²) in [5.74, 6) is -2.83. The number of rotatable bonds is 3. The SMILES string of the molecule is CC[C@@]1(O)C(=O)CCc2c1cc1n(c2=O)Cc2c-1nc1cc(F)c(Cl)c3c1c2[C@@H](NC(=O)[C@@H](O)C(F)(F)F)CC3. The summed E-state index contributed by atoms with van der Waals surface area (Å²) in [5, 5.41) is 23.2. The zero-order valence-electron chi connectivity index (χ0n) is 21.0. The lowest BCUT2D eigenvalue weighted by Crippen LogP contribution is -2.45. The molecule has 8 nitrogen and oxygen atoms in total. The topological polar surface area (TPSA) is 122 Å². The smallest absolute Gasteiger partial charge is 0.377 e. The first-order chi connectivity index (χ1) is 18.8. The van der Waals surface area contributed by atoms with E-state index in [4.69, 9.17) is 11.6 Å². The van der Waals surface area contributed by atoms with Crippen LogP contribution in [0.25, 0.3) is 22.3 Å². The molecule has 40 heavy (non-hydrogen) atoms. The van der Waals surface area contributed by atoms with Gasteiger partial charge in [0, 0.05) is 34.6 Å². The fraction of sp³-hybridized carbons (Fsp3) is 0.407. The first-order valence-electron chi connectivity index (χ1n) is 12.7. The number of benzene rings is 1. The molecule has 3 atom stereocenters. The van der Waals surface area contributed by atoms with Crippen LogP contribution >= 0.6 is 11.6 Å². The highest BCUT2D eigenvalue weighted by molar-refractivity contribution is 6.32. The van der Waals surface area contributed by atoms with Gasteiger partial charge in [0.15, 0.2) is 5.78 Å². The fourth-order valence-corrected chi connectivity index (χ4v) is 6.52. The van der Waals surface area contributed by atoms with E-state index in [-0.39, 0.29) is 71.7 Å². The number of nitrogens with zero attached hydrogens (tertiary/aromatic N) is 2. The summed E-state index contributed by atoms with van der Waals surface area (Å²) < 4.78 is 55.4. The monoisotopic (exact) mass is 579 g/mol. The molecule has 0 bridgehead atoms. The maximum atomic E-state index is 14.8. The number of aromatic nitrogens is 2. The van der Waals surface area contributed by atoms with Gasteiger partial charge in [-0.25, -0.2) is 9.37 Å². The van der Waals surface area contributed by atoms with E-state index in [1.54, 1.807) is 6.92 Å². The summed E-state index contributed by atoms with van der Waals surface area (Å²) in [6.07, 6.45) is -8.13. The van der Waals surface area contributed by atoms with Gasteiger partial charge in [0.2, 0.25) is 6.10 Å². The molecule has 6 rings (SSSR count). The van der Waals surface area contributed by atoms with Crippen LogP contribution in [0.4, 0.5) is 17.6 Å². The Hall–Kier alpha value is -3.35. The van der Waals surface area contributed by atoms with Crippen molar-refractivity contribution in [2.75, 3.05) is 0 Å². The largest absolute Gasteiger partial charge is 0.423 e. The quantitative estimate of drug-likeness (QED) is 0.320. The van der Waals surface area contributed by atoms with Crippen molar-refractivity contribution in [1.82, 2.24) is 14.9 Å². The molecule has 2 aliphatic carbocycles. The Kier molecular flexibility index (Phi) is 5.92. The summed E-state index contributed by atoms with van der Waals surface area (Å²) in [4.78, 5) is 43.3. The van der Waals surface area contributed by atoms with Crippen molar-refractivity contribution in [3.05, 3.63) is 61.1 Å². The van der Waals surface area contributed by atoms with Crippen molar-refractivity contribution in [1.29, 1.82) is 0 Å². The standard InChI is InChI=1S/C27H22ClF4N3O5/c1-2-26(40)13-7-17-22-12(9-35(17)25(39)10(13)4-6-18(26)36)20-15(34-24(38)23(37)27(30,31)32)5-3-11-19(20)16(33-22)8-14(29)21(11)28/h7-8,15,23,37,40H,2-6,9H2,1H3,(H,34,38)/t15-,23+,26-/m0/s1. The van der Waals surface area contributed by atoms with Crippen LogP contribution < -0.4 is 10.9 Å². The average Bonchev–Trinajstić information content (AvgIpc) is 3.27. The first kappa shape index (κ1) is 26.9. The van der Waals surface area contributed by atoms with E-state index in [1.807, 2.05) is 0 Å². The van der Waals surface area contributed by atoms with Gasteiger partial charge in [0.05, 0.1) is 34.5 Å². The zero-order valence-corrected chi connectivity index (χ0v) is 21.7. The van der Waals surface area contributed by atoms with Crippen molar-refractivity contribution >= 4 is 34.2 Å². The third-order valence-corrected chi connectivity index (χ3v) is 8.70. The number of halogens is 5. The summed E-state index contributed by atoms with van der Waals surface area (Å²) in [6, 6.07) is 1.56. The van der Waals surface area contributed by atoms with Gasteiger partial charge in [-0.2, -0.15) is 13.2 Å². The van der Waals surface area contributed by atoms with Crippen LogP contribution in [0, 0.1) is 5.82 Å². The number of aryl methyl sites for hydroxylation is 1. The summed E-state index contributed by atoms with van der Waals surface area (Å²) >= 11 is 6.26. The number of alkyl halides is 3. The van der Waals surface area contributed by atoms with Crippen LogP contribution in [0.3, 0.4) is 0 Å². The molecule has 3 heterocycles. The van der Waals surface area contributed by atoms with Gasteiger partial charge in [-0.05, 0) is 42.9 Å². The van der Waals surface area contributed by atoms with Crippen LogP contribution in [0.15, 0.2) is 16.9 Å². The van der Waals surface area contributed by atoms with E-state index < -0.39 is 47.0 Å². The second-order valence-electron chi connectivity index (χ2n) is 10.4. The predicted molar refractivity (Wildman–Crippen MR) is 134 cm³/mol. The zero-order chi connectivity index (χ0) is 28.9. The molecule has 2 aromatic heterocycles. The molecule has 0 radical (unpaired) electrons. The van der Waals surface area contributed by atoms with E-state index in [2.05, 4.69) is 10.3 Å². The Morgan fingerprint density at radius 1 is 1.23 bits per heavy atom. The highest BCUT2D eigenvalue weighted by atomic mass is 35.5. The van der Waals surface area contributed by atoms with Gasteiger partial charge in [0.25, 0.3) is 11.5 Å². The molecule has 0 saturated heterocycles. The third-order valence-electron chi connectivity index (χ3n) is 8.29. The van der Waals surface area contributed by atoms with Crippen LogP contribution in [0.5, 0.6) is 0 Å². The second-order valence-corrected chi connectivity index (χ2v) is 10.8. The summed E-state index contributed by atoms with van der Waals surface area (Å²) in [7, 11) is 0. The number of nitrogens with one attached hydrogen (secondary N) is 1. The van der Waals surface area contributed by atoms with Crippen LogP contribution in [0.1, 0.15) is 60.0 Å². The Balaban J connectivity index is 1.60. The second kappa shape index (κ2) is 8.82. The van der Waals surface area contributed by atoms with Crippen molar-refractivity contribution in [2.24, 2.45) is 0 Å². The van der Waals surface area contributed by atoms with Crippen molar-refractivity contribution in [3.8, 4) is 11.4 Å². The van der Waals surface area contributed by atoms with E-state index >= 15 is 0 Å². The number of fused-ring (bicyclic) bond motifs is 5. The molecule has 1 aromatic carbocycles. The number of carbonyl (C=O) groups excluding carboxylic acids is 2. The van der Waals surface area contributed by atoms with Gasteiger partial charge in [-0.3, -0.25) is 14.4 Å². The average molecular weight is 580 g/mol. The summed E-state index contributed by atoms with van der Waals surface area (Å²) in [5.41, 5.74) is -0.173. The normalized spacial score (nSPS) is 22.1. The highest BCUT2D eigenvalue weighted by Crippen LogP contribution is 2.47. The first-order valence-corrected chi connectivity index (χ1v) is 13.1. The number of amides is 1. The molecule has 0 fully saturated rings. The van der Waals surface area contributed by atoms with Crippen LogP contribution in [-0.4, -0.2) is 43.7 Å². The number of hydrogen-bond acceptors (Lipinski definition) is 6. The molecule has 1 aliphatic heterocycles. The Bertz CT molecular complexity index is 1720. The lowest BCUT2D eigenvalue weighted by Gasteiger charge is -2.32. The molecule has 1 amide bonds. The Morgan fingerprint density at radius 2 is 1.95 bits per heavy atom. The molecule has 0 spiro atoms. The maximum Gasteiger partial charge on any atom is 0.423 e. The number of carbonyl (C=O) groups is 2. The molecular formula is C27H22ClF4N3O5. The maximum absolute atomic E-state index is 14.8. The molecule has 210 valence electrons. The molecular weight excluding hydrogens is 558 g/mol. The molecule has 0 unspecified atom stereocenters. The van der Waals surface area contributed by atoms with Gasteiger partial charge < -0.3 is 20.1 Å². The Labute approximate surface area is 228 Å². The molecule has 3 aliphatic rings. The summed E-state index contributed by atoms with van der Waals surface area (Å²) in [6.45, 7) is 1.56. The predicted octanol–water partition coefficient (Wildman–Crippen LogP) is 3.36. The van der Waals surface area contributed by atoms with Gasteiger partial charge in [0.1, 0.15) is 11.4 Å². The lowest BCUT2D eigenvalue weighted by molar-refractivity contribution is -0.205. The number of aliphatic hydroxyl groups is 2. The minimum atomic E-state index is -5.19. The van der Waals surface area contributed by atoms with E-state index in [1.165, 1.54) is 10.6 Å². The minimum Gasteiger partial charge on any atom is -0.377 e. The van der Waals surface area contributed by atoms with Crippen molar-refractivity contribution < 1.29 is 37.4 Å². The van der Waals surface area contributed by atoms with E-state index in [9.17, 15) is 42.2 Å². The van der Waals surface area contributed by atoms with Gasteiger partial charge in [-0.15, -0.1) is 0 Å². The van der Waals surface area contributed by atoms with Crippen LogP contribution in [0.2, 0.25) is 5.02 Å².